The van der Waals surface area contributed by atoms with Crippen molar-refractivity contribution in [2.45, 2.75) is 78.7 Å². The fourth-order valence-corrected chi connectivity index (χ4v) is 7.86. The fraction of sp³-hybridized carbons (Fsp3) is 0.214. The van der Waals surface area contributed by atoms with E-state index in [9.17, 15) is 18.4 Å². The largest absolute Gasteiger partial charge is 0.500 e. The van der Waals surface area contributed by atoms with Crippen LogP contribution in [0.4, 0.5) is 13.2 Å². The number of nitrogens with zero attached hydrogens (tertiary/aromatic N) is 4. The summed E-state index contributed by atoms with van der Waals surface area (Å²) in [6, 6.07) is 39.7. The van der Waals surface area contributed by atoms with E-state index in [-0.39, 0.29) is 42.9 Å². The maximum absolute atomic E-state index is 13.4. The van der Waals surface area contributed by atoms with Crippen molar-refractivity contribution < 1.29 is 46.2 Å². The molecule has 9 aromatic rings. The van der Waals surface area contributed by atoms with Gasteiger partial charge in [0.1, 0.15) is 5.58 Å². The molecule has 0 fully saturated rings. The minimum absolute atomic E-state index is 0. The first kappa shape index (κ1) is 43.2. The Kier molecular flexibility index (Phi) is 12.5. The van der Waals surface area contributed by atoms with Gasteiger partial charge in [0.15, 0.2) is 11.7 Å². The Morgan fingerprint density at radius 2 is 1.41 bits per heavy atom. The maximum atomic E-state index is 13.4. The van der Waals surface area contributed by atoms with E-state index in [2.05, 4.69) is 94.8 Å². The standard InChI is InChI=1S/C44H37F3N3O2.C12H10N.Ir/c1-24(2)34-19-29(37-23-50-42(51-37)43(5,6)7)20-35(25(3)4)39(34)27-17-18-49-36(21-27)33-10-8-9-31-32-16-13-28(22-48)38(41(32)52-40(31)33)26-11-14-30(15-12-26)44(45,46)47;1-10-7-8-12(13-9-10)11-5-3-2-4-6-11;/h8-9,11-21,23-25H,1-7H3;2-5,7-9H,1H3;/q2*-1;/i;1D3;. The number of hydrogen-bond acceptors (Lipinski definition) is 6. The topological polar surface area (TPSA) is 88.7 Å². The second-order valence-corrected chi connectivity index (χ2v) is 17.5. The summed E-state index contributed by atoms with van der Waals surface area (Å²) in [5.41, 5.74) is 9.71. The first-order valence-electron chi connectivity index (χ1n) is 22.8. The van der Waals surface area contributed by atoms with E-state index in [1.807, 2.05) is 42.5 Å². The Hall–Kier alpha value is -6.66. The van der Waals surface area contributed by atoms with E-state index in [1.54, 1.807) is 36.7 Å². The summed E-state index contributed by atoms with van der Waals surface area (Å²) in [6.45, 7) is 12.9. The van der Waals surface area contributed by atoms with Crippen LogP contribution in [0.5, 0.6) is 0 Å². The quantitative estimate of drug-likeness (QED) is 0.148. The van der Waals surface area contributed by atoms with Crippen LogP contribution >= 0.6 is 0 Å². The molecule has 0 aliphatic rings. The Bertz CT molecular complexity index is 3280. The summed E-state index contributed by atoms with van der Waals surface area (Å²) in [5, 5.41) is 11.5. The van der Waals surface area contributed by atoms with E-state index in [0.29, 0.717) is 45.0 Å². The molecule has 0 aliphatic heterocycles. The molecule has 0 saturated heterocycles. The van der Waals surface area contributed by atoms with Gasteiger partial charge in [-0.15, -0.1) is 54.1 Å². The van der Waals surface area contributed by atoms with Crippen molar-refractivity contribution in [3.05, 3.63) is 174 Å². The normalized spacial score (nSPS) is 12.6. The van der Waals surface area contributed by atoms with E-state index < -0.39 is 18.6 Å². The molecule has 9 rings (SSSR count). The van der Waals surface area contributed by atoms with Crippen LogP contribution in [0.15, 0.2) is 137 Å². The number of furan rings is 1. The number of fused-ring (bicyclic) bond motifs is 3. The molecule has 0 spiro atoms. The van der Waals surface area contributed by atoms with Gasteiger partial charge >= 0.3 is 6.18 Å². The molecular formula is C56H47F3IrN4O2-2. The van der Waals surface area contributed by atoms with Gasteiger partial charge in [0, 0.05) is 58.5 Å². The van der Waals surface area contributed by atoms with Gasteiger partial charge in [0.25, 0.3) is 0 Å². The van der Waals surface area contributed by atoms with Crippen molar-refractivity contribution >= 4 is 21.9 Å². The number of pyridine rings is 2. The summed E-state index contributed by atoms with van der Waals surface area (Å²) < 4.78 is 74.6. The van der Waals surface area contributed by atoms with E-state index in [1.165, 1.54) is 29.5 Å². The van der Waals surface area contributed by atoms with Crippen LogP contribution in [-0.4, -0.2) is 15.0 Å². The number of alkyl halides is 3. The molecule has 0 saturated carbocycles. The molecule has 0 N–H and O–H groups in total. The van der Waals surface area contributed by atoms with Gasteiger partial charge in [-0.1, -0.05) is 95.8 Å². The number of benzene rings is 5. The minimum atomic E-state index is -4.48. The van der Waals surface area contributed by atoms with Gasteiger partial charge in [0.2, 0.25) is 0 Å². The molecule has 4 heterocycles. The van der Waals surface area contributed by atoms with Crippen LogP contribution in [0.25, 0.3) is 78.0 Å². The maximum Gasteiger partial charge on any atom is 0.416 e. The third-order valence-electron chi connectivity index (χ3n) is 11.2. The van der Waals surface area contributed by atoms with Crippen molar-refractivity contribution in [3.8, 4) is 62.2 Å². The Morgan fingerprint density at radius 1 is 0.682 bits per heavy atom. The number of aromatic nitrogens is 3. The van der Waals surface area contributed by atoms with Gasteiger partial charge in [-0.25, -0.2) is 4.98 Å². The van der Waals surface area contributed by atoms with E-state index >= 15 is 0 Å². The smallest absolute Gasteiger partial charge is 0.416 e. The van der Waals surface area contributed by atoms with Gasteiger partial charge in [-0.3, -0.25) is 0 Å². The van der Waals surface area contributed by atoms with Gasteiger partial charge < -0.3 is 18.8 Å². The number of nitriles is 1. The predicted octanol–water partition coefficient (Wildman–Crippen LogP) is 15.7. The number of hydrogen-bond donors (Lipinski definition) is 0. The van der Waals surface area contributed by atoms with Crippen molar-refractivity contribution in [2.24, 2.45) is 0 Å². The molecule has 0 bridgehead atoms. The zero-order chi connectivity index (χ0) is 48.7. The third-order valence-corrected chi connectivity index (χ3v) is 11.2. The summed E-state index contributed by atoms with van der Waals surface area (Å²) in [6.07, 6.45) is 0.509. The first-order chi connectivity index (χ1) is 32.2. The average molecular weight is 1060 g/mol. The van der Waals surface area contributed by atoms with Gasteiger partial charge in [-0.05, 0) is 99.9 Å². The molecule has 0 unspecified atom stereocenters. The summed E-state index contributed by atoms with van der Waals surface area (Å²) in [5.74, 6) is 1.81. The molecule has 10 heteroatoms. The van der Waals surface area contributed by atoms with Crippen LogP contribution in [0.2, 0.25) is 0 Å². The van der Waals surface area contributed by atoms with E-state index in [4.69, 9.17) is 17.9 Å². The van der Waals surface area contributed by atoms with Crippen molar-refractivity contribution in [1.82, 2.24) is 15.0 Å². The zero-order valence-corrected chi connectivity index (χ0v) is 39.7. The second kappa shape index (κ2) is 19.1. The van der Waals surface area contributed by atoms with Gasteiger partial charge in [-0.2, -0.15) is 18.4 Å². The van der Waals surface area contributed by atoms with Crippen molar-refractivity contribution in [3.63, 3.8) is 0 Å². The SMILES string of the molecule is CC(C)c1cc(-c2cnc(C(C)(C)C)o2)cc(C(C)C)c1-c1ccnc(-c2[c-]ccc3c2oc2c(-c4ccc(C(F)(F)F)cc4)c(C#N)ccc23)c1.[2H]C([2H])([2H])c1ccc(-c2[c-]cccc2)nc1.[Ir]. The zero-order valence-electron chi connectivity index (χ0n) is 40.4. The Balaban J connectivity index is 0.000000350. The number of halogens is 3. The molecule has 6 nitrogen and oxygen atoms in total. The molecule has 5 aromatic carbocycles. The third kappa shape index (κ3) is 9.65. The summed E-state index contributed by atoms with van der Waals surface area (Å²) in [7, 11) is 0. The average Bonchev–Trinajstić information content (AvgIpc) is 3.98. The van der Waals surface area contributed by atoms with Crippen molar-refractivity contribution in [2.75, 3.05) is 0 Å². The fourth-order valence-electron chi connectivity index (χ4n) is 7.86. The Labute approximate surface area is 401 Å². The molecule has 0 atom stereocenters. The number of oxazole rings is 1. The van der Waals surface area contributed by atoms with Crippen LogP contribution in [-0.2, 0) is 31.7 Å². The van der Waals surface area contributed by atoms with Gasteiger partial charge in [0.05, 0.1) is 29.0 Å². The predicted molar refractivity (Wildman–Crippen MR) is 252 cm³/mol. The molecule has 0 aliphatic carbocycles. The second-order valence-electron chi connectivity index (χ2n) is 17.5. The molecule has 66 heavy (non-hydrogen) atoms. The number of rotatable bonds is 7. The number of aryl methyl sites for hydroxylation is 1. The van der Waals surface area contributed by atoms with Crippen LogP contribution in [0.1, 0.15) is 98.1 Å². The Morgan fingerprint density at radius 3 is 2.00 bits per heavy atom. The molecular weight excluding hydrogens is 1010 g/mol. The van der Waals surface area contributed by atoms with Crippen LogP contribution < -0.4 is 0 Å². The van der Waals surface area contributed by atoms with E-state index in [0.717, 1.165) is 56.6 Å². The van der Waals surface area contributed by atoms with Crippen LogP contribution in [0.3, 0.4) is 0 Å². The van der Waals surface area contributed by atoms with Crippen LogP contribution in [0, 0.1) is 30.3 Å². The molecule has 1 radical (unpaired) electrons. The van der Waals surface area contributed by atoms with Crippen molar-refractivity contribution in [1.29, 1.82) is 5.26 Å². The summed E-state index contributed by atoms with van der Waals surface area (Å²) in [4.78, 5) is 13.5. The molecule has 335 valence electrons. The first-order valence-corrected chi connectivity index (χ1v) is 21.3. The minimum Gasteiger partial charge on any atom is -0.500 e. The molecule has 4 aromatic heterocycles. The molecule has 0 amide bonds. The summed E-state index contributed by atoms with van der Waals surface area (Å²) >= 11 is 0. The monoisotopic (exact) mass is 1060 g/mol.